The van der Waals surface area contributed by atoms with Crippen molar-refractivity contribution in [2.45, 2.75) is 32.4 Å². The SMILES string of the molecule is Cc1ccccc1C(CN)N1CCOC(C)(C)C1. The summed E-state index contributed by atoms with van der Waals surface area (Å²) in [7, 11) is 0. The molecule has 1 heterocycles. The van der Waals surface area contributed by atoms with Crippen LogP contribution in [0.15, 0.2) is 24.3 Å². The molecule has 0 amide bonds. The van der Waals surface area contributed by atoms with Crippen LogP contribution in [0.3, 0.4) is 0 Å². The first kappa shape index (κ1) is 13.5. The molecule has 1 unspecified atom stereocenters. The van der Waals surface area contributed by atoms with Crippen molar-refractivity contribution < 1.29 is 4.74 Å². The Kier molecular flexibility index (Phi) is 4.05. The number of morpholine rings is 1. The van der Waals surface area contributed by atoms with Crippen LogP contribution < -0.4 is 5.73 Å². The van der Waals surface area contributed by atoms with Crippen LogP contribution in [-0.4, -0.2) is 36.7 Å². The van der Waals surface area contributed by atoms with Crippen molar-refractivity contribution in [1.29, 1.82) is 0 Å². The van der Waals surface area contributed by atoms with Gasteiger partial charge in [0.05, 0.1) is 12.2 Å². The van der Waals surface area contributed by atoms with Gasteiger partial charge in [0, 0.05) is 25.7 Å². The van der Waals surface area contributed by atoms with Crippen LogP contribution in [0.2, 0.25) is 0 Å². The molecule has 2 rings (SSSR count). The molecule has 1 aliphatic heterocycles. The van der Waals surface area contributed by atoms with E-state index in [1.807, 2.05) is 0 Å². The average molecular weight is 248 g/mol. The van der Waals surface area contributed by atoms with Crippen LogP contribution in [0.25, 0.3) is 0 Å². The van der Waals surface area contributed by atoms with Crippen molar-refractivity contribution in [3.63, 3.8) is 0 Å². The summed E-state index contributed by atoms with van der Waals surface area (Å²) in [6, 6.07) is 8.82. The van der Waals surface area contributed by atoms with Gasteiger partial charge in [0.25, 0.3) is 0 Å². The van der Waals surface area contributed by atoms with Crippen molar-refractivity contribution in [3.05, 3.63) is 35.4 Å². The first-order valence-corrected chi connectivity index (χ1v) is 6.67. The van der Waals surface area contributed by atoms with Gasteiger partial charge in [-0.2, -0.15) is 0 Å². The van der Waals surface area contributed by atoms with Gasteiger partial charge in [-0.05, 0) is 31.9 Å². The lowest BCUT2D eigenvalue weighted by molar-refractivity contribution is -0.0967. The first-order chi connectivity index (χ1) is 8.53. The summed E-state index contributed by atoms with van der Waals surface area (Å²) in [6.45, 7) is 9.78. The molecule has 1 fully saturated rings. The summed E-state index contributed by atoms with van der Waals surface area (Å²) in [4.78, 5) is 2.45. The van der Waals surface area contributed by atoms with E-state index in [0.717, 1.165) is 19.7 Å². The maximum Gasteiger partial charge on any atom is 0.0753 e. The van der Waals surface area contributed by atoms with Crippen molar-refractivity contribution in [1.82, 2.24) is 4.90 Å². The largest absolute Gasteiger partial charge is 0.373 e. The molecular formula is C15H24N2O. The fraction of sp³-hybridized carbons (Fsp3) is 0.600. The molecule has 0 bridgehead atoms. The molecule has 100 valence electrons. The van der Waals surface area contributed by atoms with Crippen LogP contribution in [0.5, 0.6) is 0 Å². The number of benzene rings is 1. The van der Waals surface area contributed by atoms with E-state index in [9.17, 15) is 0 Å². The summed E-state index contributed by atoms with van der Waals surface area (Å²) in [5.41, 5.74) is 8.60. The second kappa shape index (κ2) is 5.39. The number of hydrogen-bond acceptors (Lipinski definition) is 3. The zero-order valence-electron chi connectivity index (χ0n) is 11.6. The zero-order valence-corrected chi connectivity index (χ0v) is 11.6. The van der Waals surface area contributed by atoms with Gasteiger partial charge in [-0.25, -0.2) is 0 Å². The summed E-state index contributed by atoms with van der Waals surface area (Å²) in [6.07, 6.45) is 0. The number of nitrogens with two attached hydrogens (primary N) is 1. The second-order valence-corrected chi connectivity index (χ2v) is 5.69. The fourth-order valence-corrected chi connectivity index (χ4v) is 2.75. The quantitative estimate of drug-likeness (QED) is 0.890. The highest BCUT2D eigenvalue weighted by molar-refractivity contribution is 5.29. The highest BCUT2D eigenvalue weighted by Crippen LogP contribution is 2.27. The Bertz CT molecular complexity index is 403. The van der Waals surface area contributed by atoms with Gasteiger partial charge in [0.15, 0.2) is 0 Å². The van der Waals surface area contributed by atoms with E-state index in [2.05, 4.69) is 49.9 Å². The highest BCUT2D eigenvalue weighted by atomic mass is 16.5. The van der Waals surface area contributed by atoms with Gasteiger partial charge >= 0.3 is 0 Å². The van der Waals surface area contributed by atoms with Crippen molar-refractivity contribution in [3.8, 4) is 0 Å². The van der Waals surface area contributed by atoms with Crippen LogP contribution in [0.1, 0.15) is 31.0 Å². The molecule has 1 atom stereocenters. The molecule has 0 saturated carbocycles. The Morgan fingerprint density at radius 1 is 1.39 bits per heavy atom. The minimum atomic E-state index is -0.0750. The molecule has 1 aliphatic rings. The smallest absolute Gasteiger partial charge is 0.0753 e. The van der Waals surface area contributed by atoms with Crippen LogP contribution >= 0.6 is 0 Å². The maximum atomic E-state index is 6.01. The number of ether oxygens (including phenoxy) is 1. The molecule has 0 spiro atoms. The maximum absolute atomic E-state index is 6.01. The molecule has 3 nitrogen and oxygen atoms in total. The molecule has 3 heteroatoms. The molecule has 0 aromatic heterocycles. The number of rotatable bonds is 3. The molecule has 2 N–H and O–H groups in total. The van der Waals surface area contributed by atoms with Crippen molar-refractivity contribution in [2.24, 2.45) is 5.73 Å². The second-order valence-electron chi connectivity index (χ2n) is 5.69. The van der Waals surface area contributed by atoms with Gasteiger partial charge in [0.2, 0.25) is 0 Å². The standard InChI is InChI=1S/C15H24N2O/c1-12-6-4-5-7-13(12)14(10-16)17-8-9-18-15(2,3)11-17/h4-7,14H,8-11,16H2,1-3H3. The normalized spacial score (nSPS) is 21.8. The highest BCUT2D eigenvalue weighted by Gasteiger charge is 2.31. The van der Waals surface area contributed by atoms with Gasteiger partial charge < -0.3 is 10.5 Å². The van der Waals surface area contributed by atoms with Gasteiger partial charge in [0.1, 0.15) is 0 Å². The zero-order chi connectivity index (χ0) is 13.2. The summed E-state index contributed by atoms with van der Waals surface area (Å²) in [5.74, 6) is 0. The van der Waals surface area contributed by atoms with Gasteiger partial charge in [-0.1, -0.05) is 24.3 Å². The van der Waals surface area contributed by atoms with E-state index in [0.29, 0.717) is 12.6 Å². The Morgan fingerprint density at radius 2 is 2.11 bits per heavy atom. The number of nitrogens with zero attached hydrogens (tertiary/aromatic N) is 1. The molecule has 0 aliphatic carbocycles. The molecule has 1 saturated heterocycles. The Morgan fingerprint density at radius 3 is 2.72 bits per heavy atom. The lowest BCUT2D eigenvalue weighted by Gasteiger charge is -2.42. The molecule has 0 radical (unpaired) electrons. The van der Waals surface area contributed by atoms with Crippen molar-refractivity contribution in [2.75, 3.05) is 26.2 Å². The monoisotopic (exact) mass is 248 g/mol. The van der Waals surface area contributed by atoms with Crippen LogP contribution in [0.4, 0.5) is 0 Å². The summed E-state index contributed by atoms with van der Waals surface area (Å²) >= 11 is 0. The van der Waals surface area contributed by atoms with E-state index < -0.39 is 0 Å². The minimum Gasteiger partial charge on any atom is -0.373 e. The van der Waals surface area contributed by atoms with E-state index >= 15 is 0 Å². The number of hydrogen-bond donors (Lipinski definition) is 1. The molecule has 1 aromatic rings. The summed E-state index contributed by atoms with van der Waals surface area (Å²) < 4.78 is 5.77. The third kappa shape index (κ3) is 2.91. The van der Waals surface area contributed by atoms with Gasteiger partial charge in [-0.15, -0.1) is 0 Å². The third-order valence-corrected chi connectivity index (χ3v) is 3.67. The lowest BCUT2D eigenvalue weighted by Crippen LogP contribution is -2.50. The first-order valence-electron chi connectivity index (χ1n) is 6.67. The topological polar surface area (TPSA) is 38.5 Å². The van der Waals surface area contributed by atoms with E-state index in [1.54, 1.807) is 0 Å². The fourth-order valence-electron chi connectivity index (χ4n) is 2.75. The predicted molar refractivity (Wildman–Crippen MR) is 74.6 cm³/mol. The molecule has 18 heavy (non-hydrogen) atoms. The minimum absolute atomic E-state index is 0.0750. The van der Waals surface area contributed by atoms with Crippen LogP contribution in [-0.2, 0) is 4.74 Å². The van der Waals surface area contributed by atoms with E-state index in [1.165, 1.54) is 11.1 Å². The molecule has 1 aromatic carbocycles. The third-order valence-electron chi connectivity index (χ3n) is 3.67. The number of aryl methyl sites for hydroxylation is 1. The summed E-state index contributed by atoms with van der Waals surface area (Å²) in [5, 5.41) is 0. The van der Waals surface area contributed by atoms with Gasteiger partial charge in [-0.3, -0.25) is 4.90 Å². The Balaban J connectivity index is 2.21. The van der Waals surface area contributed by atoms with Crippen LogP contribution in [0, 0.1) is 6.92 Å². The molecular weight excluding hydrogens is 224 g/mol. The van der Waals surface area contributed by atoms with E-state index in [-0.39, 0.29) is 5.60 Å². The average Bonchev–Trinajstić information content (AvgIpc) is 2.31. The Hall–Kier alpha value is -0.900. The van der Waals surface area contributed by atoms with Crippen molar-refractivity contribution >= 4 is 0 Å². The predicted octanol–water partition coefficient (Wildman–Crippen LogP) is 2.11. The lowest BCUT2D eigenvalue weighted by atomic mass is 9.97. The van der Waals surface area contributed by atoms with E-state index in [4.69, 9.17) is 10.5 Å². The Labute approximate surface area is 110 Å².